The van der Waals surface area contributed by atoms with E-state index in [0.717, 1.165) is 0 Å². The molecule has 0 spiro atoms. The van der Waals surface area contributed by atoms with Crippen LogP contribution in [0.3, 0.4) is 0 Å². The van der Waals surface area contributed by atoms with Gasteiger partial charge >= 0.3 is 0 Å². The molecule has 0 heterocycles. The Morgan fingerprint density at radius 3 is 2.57 bits per heavy atom. The number of hydrogen-bond acceptors (Lipinski definition) is 1. The highest BCUT2D eigenvalue weighted by molar-refractivity contribution is 6.31. The molecule has 0 aliphatic rings. The third-order valence-corrected chi connectivity index (χ3v) is 2.12. The van der Waals surface area contributed by atoms with Crippen molar-refractivity contribution < 1.29 is 8.78 Å². The van der Waals surface area contributed by atoms with Crippen molar-refractivity contribution in [2.24, 2.45) is 5.73 Å². The van der Waals surface area contributed by atoms with E-state index in [-0.39, 0.29) is 29.4 Å². The summed E-state index contributed by atoms with van der Waals surface area (Å²) >= 11 is 5.72. The van der Waals surface area contributed by atoms with Gasteiger partial charge in [0.25, 0.3) is 0 Å². The normalized spacial score (nSPS) is 12.0. The van der Waals surface area contributed by atoms with Crippen LogP contribution < -0.4 is 5.73 Å². The number of halogens is 4. The maximum Gasteiger partial charge on any atom is 0.129 e. The SMILES string of the molecule is Cl.N[C@@H](CCF)c1c(F)cccc1Cl. The Hall–Kier alpha value is -0.380. The second-order valence-corrected chi connectivity index (χ2v) is 3.13. The van der Waals surface area contributed by atoms with Gasteiger partial charge in [-0.15, -0.1) is 12.4 Å². The van der Waals surface area contributed by atoms with E-state index >= 15 is 0 Å². The van der Waals surface area contributed by atoms with Gasteiger partial charge in [0.05, 0.1) is 6.67 Å². The lowest BCUT2D eigenvalue weighted by molar-refractivity contribution is 0.435. The third-order valence-electron chi connectivity index (χ3n) is 1.79. The first-order valence-corrected chi connectivity index (χ1v) is 4.30. The van der Waals surface area contributed by atoms with Gasteiger partial charge in [0, 0.05) is 16.6 Å². The van der Waals surface area contributed by atoms with Crippen LogP contribution in [-0.2, 0) is 0 Å². The van der Waals surface area contributed by atoms with Gasteiger partial charge in [0.2, 0.25) is 0 Å². The van der Waals surface area contributed by atoms with Crippen LogP contribution in [0, 0.1) is 5.82 Å². The molecule has 0 aliphatic heterocycles. The summed E-state index contributed by atoms with van der Waals surface area (Å²) in [5.74, 6) is -0.478. The largest absolute Gasteiger partial charge is 0.324 e. The fourth-order valence-corrected chi connectivity index (χ4v) is 1.43. The summed E-state index contributed by atoms with van der Waals surface area (Å²) in [4.78, 5) is 0. The highest BCUT2D eigenvalue weighted by Crippen LogP contribution is 2.26. The lowest BCUT2D eigenvalue weighted by Gasteiger charge is -2.12. The van der Waals surface area contributed by atoms with Crippen LogP contribution in [0.15, 0.2) is 18.2 Å². The average Bonchev–Trinajstić information content (AvgIpc) is 2.04. The molecule has 0 aromatic heterocycles. The van der Waals surface area contributed by atoms with Gasteiger partial charge in [-0.25, -0.2) is 4.39 Å². The maximum absolute atomic E-state index is 13.1. The van der Waals surface area contributed by atoms with Gasteiger partial charge in [-0.3, -0.25) is 4.39 Å². The summed E-state index contributed by atoms with van der Waals surface area (Å²) in [6, 6.07) is 3.62. The van der Waals surface area contributed by atoms with E-state index in [4.69, 9.17) is 17.3 Å². The Bertz CT molecular complexity index is 274. The standard InChI is InChI=1S/C9H10ClF2N.ClH/c10-6-2-1-3-7(12)9(6)8(13)4-5-11;/h1-3,8H,4-5,13H2;1H/t8-;/m0./s1. The van der Waals surface area contributed by atoms with Crippen LogP contribution in [0.1, 0.15) is 18.0 Å². The molecule has 1 nitrogen and oxygen atoms in total. The topological polar surface area (TPSA) is 26.0 Å². The first-order chi connectivity index (χ1) is 6.16. The second-order valence-electron chi connectivity index (χ2n) is 2.72. The van der Waals surface area contributed by atoms with E-state index < -0.39 is 18.5 Å². The fourth-order valence-electron chi connectivity index (χ4n) is 1.13. The zero-order valence-corrected chi connectivity index (χ0v) is 8.92. The van der Waals surface area contributed by atoms with Crippen LogP contribution in [0.2, 0.25) is 5.02 Å². The van der Waals surface area contributed by atoms with E-state index in [0.29, 0.717) is 0 Å². The second kappa shape index (κ2) is 6.17. The molecular weight excluding hydrogens is 231 g/mol. The highest BCUT2D eigenvalue weighted by atomic mass is 35.5. The number of benzene rings is 1. The molecule has 2 N–H and O–H groups in total. The van der Waals surface area contributed by atoms with Crippen LogP contribution in [-0.4, -0.2) is 6.67 Å². The Labute approximate surface area is 92.7 Å². The van der Waals surface area contributed by atoms with Gasteiger partial charge in [-0.2, -0.15) is 0 Å². The quantitative estimate of drug-likeness (QED) is 0.864. The molecule has 0 radical (unpaired) electrons. The molecule has 80 valence electrons. The molecule has 0 fully saturated rings. The van der Waals surface area contributed by atoms with Crippen molar-refractivity contribution in [2.45, 2.75) is 12.5 Å². The van der Waals surface area contributed by atoms with Gasteiger partial charge in [-0.05, 0) is 18.6 Å². The van der Waals surface area contributed by atoms with Gasteiger partial charge < -0.3 is 5.73 Å². The zero-order valence-electron chi connectivity index (χ0n) is 7.34. The minimum atomic E-state index is -0.668. The highest BCUT2D eigenvalue weighted by Gasteiger charge is 2.14. The van der Waals surface area contributed by atoms with Gasteiger partial charge in [0.1, 0.15) is 5.82 Å². The molecule has 1 aromatic carbocycles. The van der Waals surface area contributed by atoms with Crippen molar-refractivity contribution in [3.05, 3.63) is 34.6 Å². The van der Waals surface area contributed by atoms with Crippen LogP contribution in [0.4, 0.5) is 8.78 Å². The predicted molar refractivity (Wildman–Crippen MR) is 56.2 cm³/mol. The number of nitrogens with two attached hydrogens (primary N) is 1. The molecule has 1 atom stereocenters. The molecule has 1 aromatic rings. The Balaban J connectivity index is 0.00000169. The molecule has 0 saturated carbocycles. The van der Waals surface area contributed by atoms with Crippen LogP contribution in [0.5, 0.6) is 0 Å². The van der Waals surface area contributed by atoms with E-state index in [1.54, 1.807) is 0 Å². The van der Waals surface area contributed by atoms with Crippen molar-refractivity contribution in [2.75, 3.05) is 6.67 Å². The summed E-state index contributed by atoms with van der Waals surface area (Å²) in [5, 5.41) is 0.251. The summed E-state index contributed by atoms with van der Waals surface area (Å²) in [6.45, 7) is -0.578. The number of rotatable bonds is 3. The van der Waals surface area contributed by atoms with E-state index in [2.05, 4.69) is 0 Å². The molecule has 0 amide bonds. The Kier molecular flexibility index (Phi) is 6.00. The molecule has 0 unspecified atom stereocenters. The van der Waals surface area contributed by atoms with E-state index in [9.17, 15) is 8.78 Å². The third kappa shape index (κ3) is 3.08. The minimum absolute atomic E-state index is 0. The van der Waals surface area contributed by atoms with E-state index in [1.165, 1.54) is 18.2 Å². The first-order valence-electron chi connectivity index (χ1n) is 3.92. The zero-order chi connectivity index (χ0) is 9.84. The Morgan fingerprint density at radius 2 is 2.07 bits per heavy atom. The van der Waals surface area contributed by atoms with E-state index in [1.807, 2.05) is 0 Å². The molecule has 0 saturated heterocycles. The molecule has 0 aliphatic carbocycles. The summed E-state index contributed by atoms with van der Waals surface area (Å²) in [6.07, 6.45) is 0.0840. The lowest BCUT2D eigenvalue weighted by atomic mass is 10.0. The lowest BCUT2D eigenvalue weighted by Crippen LogP contribution is -2.13. The maximum atomic E-state index is 13.1. The van der Waals surface area contributed by atoms with Crippen LogP contribution >= 0.6 is 24.0 Å². The molecule has 14 heavy (non-hydrogen) atoms. The summed E-state index contributed by atoms with van der Waals surface area (Å²) < 4.78 is 25.1. The number of hydrogen-bond donors (Lipinski definition) is 1. The van der Waals surface area contributed by atoms with Crippen molar-refractivity contribution in [3.63, 3.8) is 0 Å². The fraction of sp³-hybridized carbons (Fsp3) is 0.333. The minimum Gasteiger partial charge on any atom is -0.324 e. The van der Waals surface area contributed by atoms with Crippen molar-refractivity contribution in [1.82, 2.24) is 0 Å². The molecular formula is C9H11Cl2F2N. The summed E-state index contributed by atoms with van der Waals surface area (Å²) in [7, 11) is 0. The van der Waals surface area contributed by atoms with Crippen molar-refractivity contribution in [3.8, 4) is 0 Å². The molecule has 5 heteroatoms. The Morgan fingerprint density at radius 1 is 1.43 bits per heavy atom. The smallest absolute Gasteiger partial charge is 0.129 e. The molecule has 0 bridgehead atoms. The average molecular weight is 242 g/mol. The number of alkyl halides is 1. The molecule has 1 rings (SSSR count). The monoisotopic (exact) mass is 241 g/mol. The van der Waals surface area contributed by atoms with Crippen molar-refractivity contribution in [1.29, 1.82) is 0 Å². The first kappa shape index (κ1) is 13.6. The summed E-state index contributed by atoms with van der Waals surface area (Å²) in [5.41, 5.74) is 5.74. The van der Waals surface area contributed by atoms with Crippen molar-refractivity contribution >= 4 is 24.0 Å². The predicted octanol–water partition coefficient (Wildman–Crippen LogP) is 3.26. The van der Waals surface area contributed by atoms with Gasteiger partial charge in [-0.1, -0.05) is 17.7 Å². The van der Waals surface area contributed by atoms with Gasteiger partial charge in [0.15, 0.2) is 0 Å². The van der Waals surface area contributed by atoms with Crippen LogP contribution in [0.25, 0.3) is 0 Å².